The highest BCUT2D eigenvalue weighted by Crippen LogP contribution is 2.38. The van der Waals surface area contributed by atoms with Crippen LogP contribution in [-0.4, -0.2) is 36.3 Å². The largest absolute Gasteiger partial charge is 0.497 e. The molecule has 2 heterocycles. The standard InChI is InChI=1S/C22H25N3O4S/c1-13-18-20(25-16-11-15(27-2)9-10-17(16)28-3)23-12-24-21(18)30-19(13)22(26)29-14-7-5-4-6-8-14/h9-12,14H,4-8H2,1-3H3,(H,23,24,25). The normalized spacial score (nSPS) is 14.5. The van der Waals surface area contributed by atoms with Gasteiger partial charge in [0.15, 0.2) is 0 Å². The number of ether oxygens (including phenoxy) is 3. The number of methoxy groups -OCH3 is 2. The lowest BCUT2D eigenvalue weighted by atomic mass is 9.98. The van der Waals surface area contributed by atoms with E-state index in [0.29, 0.717) is 27.9 Å². The minimum Gasteiger partial charge on any atom is -0.497 e. The molecule has 3 aromatic rings. The van der Waals surface area contributed by atoms with E-state index in [9.17, 15) is 4.79 Å². The molecule has 4 rings (SSSR count). The van der Waals surface area contributed by atoms with Gasteiger partial charge in [-0.3, -0.25) is 0 Å². The van der Waals surface area contributed by atoms with Crippen LogP contribution in [0.1, 0.15) is 47.3 Å². The summed E-state index contributed by atoms with van der Waals surface area (Å²) in [6.07, 6.45) is 6.84. The van der Waals surface area contributed by atoms with Gasteiger partial charge < -0.3 is 19.5 Å². The highest BCUT2D eigenvalue weighted by Gasteiger charge is 2.24. The van der Waals surface area contributed by atoms with Gasteiger partial charge in [-0.2, -0.15) is 0 Å². The highest BCUT2D eigenvalue weighted by atomic mass is 32.1. The summed E-state index contributed by atoms with van der Waals surface area (Å²) in [4.78, 5) is 23.0. The van der Waals surface area contributed by atoms with Gasteiger partial charge in [-0.1, -0.05) is 6.42 Å². The van der Waals surface area contributed by atoms with Gasteiger partial charge in [-0.15, -0.1) is 11.3 Å². The number of benzene rings is 1. The number of nitrogens with one attached hydrogen (secondary N) is 1. The Balaban J connectivity index is 1.66. The molecule has 1 saturated carbocycles. The van der Waals surface area contributed by atoms with Crippen LogP contribution in [-0.2, 0) is 4.74 Å². The summed E-state index contributed by atoms with van der Waals surface area (Å²) < 4.78 is 16.6. The van der Waals surface area contributed by atoms with Crippen LogP contribution in [0.5, 0.6) is 11.5 Å². The van der Waals surface area contributed by atoms with Crippen LogP contribution in [0, 0.1) is 6.92 Å². The number of anilines is 2. The van der Waals surface area contributed by atoms with Gasteiger partial charge in [-0.05, 0) is 50.3 Å². The van der Waals surface area contributed by atoms with Crippen LogP contribution < -0.4 is 14.8 Å². The summed E-state index contributed by atoms with van der Waals surface area (Å²) in [7, 11) is 3.22. The quantitative estimate of drug-likeness (QED) is 0.538. The van der Waals surface area contributed by atoms with Crippen molar-refractivity contribution in [1.82, 2.24) is 9.97 Å². The van der Waals surface area contributed by atoms with Crippen molar-refractivity contribution >= 4 is 39.0 Å². The van der Waals surface area contributed by atoms with Gasteiger partial charge in [0, 0.05) is 6.07 Å². The summed E-state index contributed by atoms with van der Waals surface area (Å²) in [5.41, 5.74) is 1.54. The van der Waals surface area contributed by atoms with E-state index in [-0.39, 0.29) is 12.1 Å². The topological polar surface area (TPSA) is 82.6 Å². The number of hydrogen-bond donors (Lipinski definition) is 1. The van der Waals surface area contributed by atoms with Crippen molar-refractivity contribution < 1.29 is 19.0 Å². The average Bonchev–Trinajstić information content (AvgIpc) is 3.12. The molecule has 30 heavy (non-hydrogen) atoms. The number of aromatic nitrogens is 2. The molecule has 1 aliphatic carbocycles. The van der Waals surface area contributed by atoms with E-state index < -0.39 is 0 Å². The fourth-order valence-electron chi connectivity index (χ4n) is 3.79. The van der Waals surface area contributed by atoms with E-state index in [2.05, 4.69) is 15.3 Å². The van der Waals surface area contributed by atoms with Crippen LogP contribution in [0.3, 0.4) is 0 Å². The smallest absolute Gasteiger partial charge is 0.348 e. The number of aryl methyl sites for hydroxylation is 1. The zero-order valence-electron chi connectivity index (χ0n) is 17.4. The number of thiophene rings is 1. The first-order valence-electron chi connectivity index (χ1n) is 10.0. The maximum absolute atomic E-state index is 12.8. The summed E-state index contributed by atoms with van der Waals surface area (Å²) in [6, 6.07) is 5.49. The molecule has 0 atom stereocenters. The van der Waals surface area contributed by atoms with Gasteiger partial charge in [0.05, 0.1) is 25.3 Å². The maximum Gasteiger partial charge on any atom is 0.348 e. The van der Waals surface area contributed by atoms with Gasteiger partial charge in [-0.25, -0.2) is 14.8 Å². The van der Waals surface area contributed by atoms with Crippen molar-refractivity contribution in [1.29, 1.82) is 0 Å². The molecule has 1 N–H and O–H groups in total. The third-order valence-electron chi connectivity index (χ3n) is 5.40. The molecule has 0 saturated heterocycles. The van der Waals surface area contributed by atoms with Crippen molar-refractivity contribution in [3.8, 4) is 11.5 Å². The molecule has 1 aliphatic rings. The number of carbonyl (C=O) groups is 1. The van der Waals surface area contributed by atoms with E-state index >= 15 is 0 Å². The van der Waals surface area contributed by atoms with Crippen LogP contribution in [0.2, 0.25) is 0 Å². The fourth-order valence-corrected chi connectivity index (χ4v) is 4.82. The Kier molecular flexibility index (Phi) is 6.03. The van der Waals surface area contributed by atoms with Crippen LogP contribution in [0.15, 0.2) is 24.5 Å². The van der Waals surface area contributed by atoms with Gasteiger partial charge in [0.25, 0.3) is 0 Å². The molecule has 1 fully saturated rings. The third kappa shape index (κ3) is 4.05. The number of esters is 1. The summed E-state index contributed by atoms with van der Waals surface area (Å²) in [6.45, 7) is 1.91. The monoisotopic (exact) mass is 427 g/mol. The molecule has 8 heteroatoms. The van der Waals surface area contributed by atoms with E-state index in [1.165, 1.54) is 24.1 Å². The van der Waals surface area contributed by atoms with Gasteiger partial charge in [0.2, 0.25) is 0 Å². The van der Waals surface area contributed by atoms with Crippen molar-refractivity contribution in [3.05, 3.63) is 35.0 Å². The average molecular weight is 428 g/mol. The minimum absolute atomic E-state index is 0.0144. The Morgan fingerprint density at radius 1 is 1.13 bits per heavy atom. The Morgan fingerprint density at radius 3 is 2.67 bits per heavy atom. The Morgan fingerprint density at radius 2 is 1.93 bits per heavy atom. The maximum atomic E-state index is 12.8. The molecule has 0 spiro atoms. The number of nitrogens with zero attached hydrogens (tertiary/aromatic N) is 2. The SMILES string of the molecule is COc1ccc(OC)c(Nc2ncnc3sc(C(=O)OC4CCCCC4)c(C)c23)c1. The van der Waals surface area contributed by atoms with Crippen molar-refractivity contribution in [3.63, 3.8) is 0 Å². The molecular weight excluding hydrogens is 402 g/mol. The van der Waals surface area contributed by atoms with Crippen LogP contribution >= 0.6 is 11.3 Å². The second-order valence-corrected chi connectivity index (χ2v) is 8.31. The Bertz CT molecular complexity index is 1060. The molecule has 0 unspecified atom stereocenters. The van der Waals surface area contributed by atoms with E-state index in [1.54, 1.807) is 14.2 Å². The zero-order valence-corrected chi connectivity index (χ0v) is 18.2. The lowest BCUT2D eigenvalue weighted by Crippen LogP contribution is -2.20. The van der Waals surface area contributed by atoms with Gasteiger partial charge in [0.1, 0.15) is 39.5 Å². The molecule has 2 aromatic heterocycles. The Labute approximate surface area is 179 Å². The van der Waals surface area contributed by atoms with E-state index in [4.69, 9.17) is 14.2 Å². The molecule has 0 radical (unpaired) electrons. The fraction of sp³-hybridized carbons (Fsp3) is 0.409. The van der Waals surface area contributed by atoms with Crippen molar-refractivity contribution in [2.45, 2.75) is 45.1 Å². The summed E-state index contributed by atoms with van der Waals surface area (Å²) in [5.74, 6) is 1.69. The lowest BCUT2D eigenvalue weighted by Gasteiger charge is -2.21. The molecule has 0 amide bonds. The second kappa shape index (κ2) is 8.87. The predicted molar refractivity (Wildman–Crippen MR) is 117 cm³/mol. The van der Waals surface area contributed by atoms with Crippen LogP contribution in [0.25, 0.3) is 10.2 Å². The lowest BCUT2D eigenvalue weighted by molar-refractivity contribution is 0.0216. The molecule has 7 nitrogen and oxygen atoms in total. The third-order valence-corrected chi connectivity index (χ3v) is 6.58. The number of carbonyl (C=O) groups excluding carboxylic acids is 1. The summed E-state index contributed by atoms with van der Waals surface area (Å²) in [5, 5.41) is 4.12. The van der Waals surface area contributed by atoms with Gasteiger partial charge >= 0.3 is 5.97 Å². The minimum atomic E-state index is -0.271. The number of fused-ring (bicyclic) bond motifs is 1. The van der Waals surface area contributed by atoms with Crippen LogP contribution in [0.4, 0.5) is 11.5 Å². The first-order valence-corrected chi connectivity index (χ1v) is 10.9. The first kappa shape index (κ1) is 20.4. The first-order chi connectivity index (χ1) is 14.6. The van der Waals surface area contributed by atoms with E-state index in [0.717, 1.165) is 41.5 Å². The summed E-state index contributed by atoms with van der Waals surface area (Å²) >= 11 is 1.34. The number of rotatable bonds is 6. The molecule has 0 aliphatic heterocycles. The molecular formula is C22H25N3O4S. The van der Waals surface area contributed by atoms with E-state index in [1.807, 2.05) is 25.1 Å². The zero-order chi connectivity index (χ0) is 21.1. The second-order valence-electron chi connectivity index (χ2n) is 7.32. The predicted octanol–water partition coefficient (Wildman–Crippen LogP) is 5.25. The molecule has 158 valence electrons. The Hall–Kier alpha value is -2.87. The van der Waals surface area contributed by atoms with Crippen molar-refractivity contribution in [2.75, 3.05) is 19.5 Å². The highest BCUT2D eigenvalue weighted by molar-refractivity contribution is 7.20. The number of hydrogen-bond acceptors (Lipinski definition) is 8. The molecule has 0 bridgehead atoms. The molecule has 1 aromatic carbocycles. The van der Waals surface area contributed by atoms with Crippen molar-refractivity contribution in [2.24, 2.45) is 0 Å².